The van der Waals surface area contributed by atoms with E-state index in [4.69, 9.17) is 0 Å². The van der Waals surface area contributed by atoms with E-state index >= 15 is 0 Å². The molecule has 31 heavy (non-hydrogen) atoms. The zero-order valence-corrected chi connectivity index (χ0v) is 16.7. The van der Waals surface area contributed by atoms with E-state index in [9.17, 15) is 30.5 Å². The minimum absolute atomic E-state index is 0.0498. The third-order valence-electron chi connectivity index (χ3n) is 6.53. The summed E-state index contributed by atoms with van der Waals surface area (Å²) >= 11 is 0. The number of sulfone groups is 1. The maximum Gasteiger partial charge on any atom is 0.416 e. The highest BCUT2D eigenvalue weighted by Crippen LogP contribution is 2.61. The molecule has 3 unspecified atom stereocenters. The van der Waals surface area contributed by atoms with Gasteiger partial charge in [-0.15, -0.1) is 5.23 Å². The second-order valence-electron chi connectivity index (χ2n) is 8.21. The predicted molar refractivity (Wildman–Crippen MR) is 100 cm³/mol. The Bertz CT molecular complexity index is 1110. The number of nitrogens with one attached hydrogen (secondary N) is 2. The number of nitrogens with zero attached hydrogens (tertiary/aromatic N) is 1. The number of hydrazine groups is 1. The SMILES string of the molecule is O=S(=O)(c1ccc(C(F)(F)F)cc1)[C@H]1NN(F)C2=C(F)C=CC3NC=CC(C4CC4)C231. The Morgan fingerprint density at radius 2 is 1.77 bits per heavy atom. The molecule has 1 aromatic rings. The van der Waals surface area contributed by atoms with Crippen LogP contribution in [0.2, 0.25) is 0 Å². The van der Waals surface area contributed by atoms with Crippen molar-refractivity contribution in [2.45, 2.75) is 35.3 Å². The third kappa shape index (κ3) is 2.85. The van der Waals surface area contributed by atoms with E-state index in [-0.39, 0.29) is 11.1 Å². The monoisotopic (exact) mass is 459 g/mol. The zero-order valence-electron chi connectivity index (χ0n) is 15.9. The first-order valence-corrected chi connectivity index (χ1v) is 11.3. The molecule has 2 N–H and O–H groups in total. The summed E-state index contributed by atoms with van der Waals surface area (Å²) in [5.41, 5.74) is -0.688. The third-order valence-corrected chi connectivity index (χ3v) is 8.57. The van der Waals surface area contributed by atoms with Crippen LogP contribution in [0.1, 0.15) is 18.4 Å². The molecule has 0 radical (unpaired) electrons. The molecule has 5 rings (SSSR count). The smallest absolute Gasteiger partial charge is 0.384 e. The van der Waals surface area contributed by atoms with Crippen molar-refractivity contribution in [3.8, 4) is 0 Å². The van der Waals surface area contributed by atoms with Crippen LogP contribution in [0.25, 0.3) is 0 Å². The highest BCUT2D eigenvalue weighted by molar-refractivity contribution is 7.92. The summed E-state index contributed by atoms with van der Waals surface area (Å²) in [7, 11) is -4.41. The van der Waals surface area contributed by atoms with Crippen molar-refractivity contribution < 1.29 is 30.5 Å². The number of alkyl halides is 3. The van der Waals surface area contributed by atoms with Gasteiger partial charge < -0.3 is 5.32 Å². The van der Waals surface area contributed by atoms with Gasteiger partial charge in [0.1, 0.15) is 16.9 Å². The molecule has 2 aliphatic heterocycles. The van der Waals surface area contributed by atoms with Crippen LogP contribution in [-0.2, 0) is 16.0 Å². The van der Waals surface area contributed by atoms with Crippen molar-refractivity contribution in [3.05, 3.63) is 65.8 Å². The predicted octanol–water partition coefficient (Wildman–Crippen LogP) is 3.76. The van der Waals surface area contributed by atoms with E-state index in [1.807, 2.05) is 0 Å². The second kappa shape index (κ2) is 6.55. The first-order chi connectivity index (χ1) is 14.6. The van der Waals surface area contributed by atoms with Gasteiger partial charge in [0.15, 0.2) is 9.84 Å². The number of benzene rings is 1. The van der Waals surface area contributed by atoms with Crippen LogP contribution in [0.5, 0.6) is 0 Å². The minimum atomic E-state index is -4.63. The van der Waals surface area contributed by atoms with Gasteiger partial charge in [0.05, 0.1) is 21.9 Å². The fourth-order valence-electron chi connectivity index (χ4n) is 5.05. The zero-order chi connectivity index (χ0) is 22.2. The molecule has 1 saturated heterocycles. The maximum absolute atomic E-state index is 15.0. The number of rotatable bonds is 3. The van der Waals surface area contributed by atoms with Crippen molar-refractivity contribution in [1.29, 1.82) is 0 Å². The van der Waals surface area contributed by atoms with Crippen molar-refractivity contribution in [2.24, 2.45) is 17.3 Å². The van der Waals surface area contributed by atoms with Crippen LogP contribution in [-0.4, -0.2) is 25.1 Å². The molecule has 11 heteroatoms. The molecule has 2 aliphatic carbocycles. The molecule has 0 bridgehead atoms. The van der Waals surface area contributed by atoms with Crippen molar-refractivity contribution >= 4 is 9.84 Å². The van der Waals surface area contributed by atoms with Crippen LogP contribution < -0.4 is 10.7 Å². The van der Waals surface area contributed by atoms with E-state index in [1.165, 1.54) is 6.08 Å². The Hall–Kier alpha value is -2.40. The highest BCUT2D eigenvalue weighted by Gasteiger charge is 2.68. The van der Waals surface area contributed by atoms with Crippen LogP contribution in [0, 0.1) is 17.3 Å². The molecule has 2 heterocycles. The van der Waals surface area contributed by atoms with Crippen molar-refractivity contribution in [2.75, 3.05) is 0 Å². The van der Waals surface area contributed by atoms with Crippen molar-refractivity contribution in [3.63, 3.8) is 0 Å². The second-order valence-corrected chi connectivity index (χ2v) is 10.2. The molecule has 1 aromatic carbocycles. The molecule has 2 fully saturated rings. The summed E-state index contributed by atoms with van der Waals surface area (Å²) in [5, 5.41) is 1.29. The molecule has 5 nitrogen and oxygen atoms in total. The van der Waals surface area contributed by atoms with E-state index < -0.39 is 60.7 Å². The molecule has 4 aliphatic rings. The molecule has 0 amide bonds. The lowest BCUT2D eigenvalue weighted by Gasteiger charge is -2.48. The molecular formula is C20H18F5N3O2S. The fraction of sp³-hybridized carbons (Fsp3) is 0.400. The largest absolute Gasteiger partial charge is 0.416 e. The first-order valence-electron chi connectivity index (χ1n) is 9.72. The topological polar surface area (TPSA) is 61.4 Å². The van der Waals surface area contributed by atoms with Crippen LogP contribution in [0.3, 0.4) is 0 Å². The van der Waals surface area contributed by atoms with Crippen molar-refractivity contribution in [1.82, 2.24) is 16.0 Å². The van der Waals surface area contributed by atoms with Gasteiger partial charge in [-0.3, -0.25) is 0 Å². The summed E-state index contributed by atoms with van der Waals surface area (Å²) in [6, 6.07) is 2.31. The Balaban J connectivity index is 1.66. The lowest BCUT2D eigenvalue weighted by molar-refractivity contribution is -0.137. The first kappa shape index (κ1) is 20.5. The van der Waals surface area contributed by atoms with Gasteiger partial charge >= 0.3 is 6.18 Å². The Kier molecular flexibility index (Phi) is 4.33. The lowest BCUT2D eigenvalue weighted by Crippen LogP contribution is -2.60. The fourth-order valence-corrected chi connectivity index (χ4v) is 7.00. The van der Waals surface area contributed by atoms with Crippen LogP contribution >= 0.6 is 0 Å². The van der Waals surface area contributed by atoms with E-state index in [2.05, 4.69) is 10.7 Å². The quantitative estimate of drug-likeness (QED) is 0.533. The maximum atomic E-state index is 15.0. The van der Waals surface area contributed by atoms with E-state index in [0.717, 1.165) is 31.1 Å². The van der Waals surface area contributed by atoms with Gasteiger partial charge in [0.2, 0.25) is 0 Å². The Morgan fingerprint density at radius 1 is 1.10 bits per heavy atom. The van der Waals surface area contributed by atoms with Gasteiger partial charge in [-0.05, 0) is 61.2 Å². The molecular weight excluding hydrogens is 441 g/mol. The number of halogens is 5. The molecule has 1 spiro atoms. The molecule has 0 aromatic heterocycles. The van der Waals surface area contributed by atoms with Crippen LogP contribution in [0.15, 0.2) is 65.1 Å². The highest BCUT2D eigenvalue weighted by atomic mass is 32.2. The molecule has 4 atom stereocenters. The Labute approximate surface area is 175 Å². The molecule has 166 valence electrons. The van der Waals surface area contributed by atoms with Gasteiger partial charge in [-0.2, -0.15) is 18.6 Å². The summed E-state index contributed by atoms with van der Waals surface area (Å²) in [6.07, 6.45) is 2.91. The van der Waals surface area contributed by atoms with E-state index in [0.29, 0.717) is 12.1 Å². The summed E-state index contributed by atoms with van der Waals surface area (Å²) in [4.78, 5) is -0.403. The van der Waals surface area contributed by atoms with E-state index in [1.54, 1.807) is 12.3 Å². The van der Waals surface area contributed by atoms with Gasteiger partial charge in [-0.25, -0.2) is 12.8 Å². The van der Waals surface area contributed by atoms with Gasteiger partial charge in [0.25, 0.3) is 0 Å². The van der Waals surface area contributed by atoms with Gasteiger partial charge in [0, 0.05) is 0 Å². The summed E-state index contributed by atoms with van der Waals surface area (Å²) in [6.45, 7) is 0. The minimum Gasteiger partial charge on any atom is -0.384 e. The number of hydrogen-bond donors (Lipinski definition) is 2. The normalized spacial score (nSPS) is 32.7. The number of hydrogen-bond acceptors (Lipinski definition) is 5. The summed E-state index contributed by atoms with van der Waals surface area (Å²) in [5.74, 6) is -1.32. The summed E-state index contributed by atoms with van der Waals surface area (Å²) < 4.78 is 95.7. The average Bonchev–Trinajstić information content (AvgIpc) is 3.50. The molecule has 1 saturated carbocycles. The van der Waals surface area contributed by atoms with Crippen LogP contribution in [0.4, 0.5) is 22.0 Å². The standard InChI is InChI=1S/C20H18F5N3O2S/c21-15-7-8-16-19(14(9-10-26-16)11-1-2-11)17(15)28(25)27-18(19)31(29,30)13-5-3-12(4-6-13)20(22,23)24/h3-11,14,16,18,26-27H,1-2H2/t14?,16?,18-,19?/m1/s1. The lowest BCUT2D eigenvalue weighted by atomic mass is 9.63. The Morgan fingerprint density at radius 3 is 2.39 bits per heavy atom. The average molecular weight is 459 g/mol. The van der Waals surface area contributed by atoms with Gasteiger partial charge in [-0.1, -0.05) is 16.6 Å². The number of allylic oxidation sites excluding steroid dienone is 3.